The molecule has 0 N–H and O–H groups in total. The van der Waals surface area contributed by atoms with Crippen molar-refractivity contribution in [3.8, 4) is 0 Å². The summed E-state index contributed by atoms with van der Waals surface area (Å²) in [6.07, 6.45) is 1.78. The summed E-state index contributed by atoms with van der Waals surface area (Å²) in [6, 6.07) is 3.18. The second-order valence-corrected chi connectivity index (χ2v) is 6.32. The van der Waals surface area contributed by atoms with Crippen molar-refractivity contribution in [2.75, 3.05) is 0 Å². The average Bonchev–Trinajstić information content (AvgIpc) is 2.74. The van der Waals surface area contributed by atoms with Crippen molar-refractivity contribution in [1.29, 1.82) is 0 Å². The molecule has 0 amide bonds. The van der Waals surface area contributed by atoms with E-state index in [1.165, 1.54) is 6.07 Å². The van der Waals surface area contributed by atoms with E-state index >= 15 is 0 Å². The van der Waals surface area contributed by atoms with Gasteiger partial charge in [0.25, 0.3) is 0 Å². The van der Waals surface area contributed by atoms with Gasteiger partial charge in [0.1, 0.15) is 5.82 Å². The highest BCUT2D eigenvalue weighted by Gasteiger charge is 2.52. The molecular weight excluding hydrogens is 258 g/mol. The summed E-state index contributed by atoms with van der Waals surface area (Å²) in [5.74, 6) is -0.330. The number of hydrogen-bond donors (Lipinski definition) is 0. The number of fused-ring (bicyclic) bond motifs is 1. The molecule has 0 saturated carbocycles. The lowest BCUT2D eigenvalue weighted by atomic mass is 9.78. The zero-order chi connectivity index (χ0) is 14.7. The van der Waals surface area contributed by atoms with Crippen LogP contribution in [0, 0.1) is 5.82 Å². The summed E-state index contributed by atoms with van der Waals surface area (Å²) >= 11 is 0. The van der Waals surface area contributed by atoms with E-state index in [0.29, 0.717) is 5.46 Å². The standard InChI is InChI=1S/C14H18BFN2O2/c1-13(2)14(3,4)20-15(19-13)10-7-12-9(6-11(10)16)8-18(5)17-12/h6-8H,1-5H3. The molecule has 1 saturated heterocycles. The van der Waals surface area contributed by atoms with Crippen LogP contribution in [0.1, 0.15) is 27.7 Å². The number of halogens is 1. The van der Waals surface area contributed by atoms with E-state index < -0.39 is 18.3 Å². The van der Waals surface area contributed by atoms with Crippen LogP contribution >= 0.6 is 0 Å². The van der Waals surface area contributed by atoms with E-state index in [9.17, 15) is 4.39 Å². The molecule has 1 fully saturated rings. The molecule has 1 aromatic heterocycles. The Hall–Kier alpha value is -1.40. The molecule has 0 radical (unpaired) electrons. The van der Waals surface area contributed by atoms with Crippen LogP contribution in [0.2, 0.25) is 0 Å². The second kappa shape index (κ2) is 4.05. The van der Waals surface area contributed by atoms with Gasteiger partial charge in [-0.2, -0.15) is 5.10 Å². The van der Waals surface area contributed by atoms with Gasteiger partial charge in [0, 0.05) is 24.1 Å². The third-order valence-corrected chi connectivity index (χ3v) is 4.24. The Balaban J connectivity index is 2.05. The Labute approximate surface area is 118 Å². The molecular formula is C14H18BFN2O2. The molecule has 2 heterocycles. The molecule has 0 bridgehead atoms. The topological polar surface area (TPSA) is 36.3 Å². The lowest BCUT2D eigenvalue weighted by Crippen LogP contribution is -2.41. The van der Waals surface area contributed by atoms with Crippen LogP contribution in [0.5, 0.6) is 0 Å². The monoisotopic (exact) mass is 276 g/mol. The normalized spacial score (nSPS) is 20.8. The van der Waals surface area contributed by atoms with E-state index in [1.54, 1.807) is 16.9 Å². The Bertz CT molecular complexity index is 665. The van der Waals surface area contributed by atoms with Crippen LogP contribution in [0.25, 0.3) is 10.9 Å². The van der Waals surface area contributed by atoms with Crippen LogP contribution in [0.4, 0.5) is 4.39 Å². The summed E-state index contributed by atoms with van der Waals surface area (Å²) in [4.78, 5) is 0. The number of aryl methyl sites for hydroxylation is 1. The van der Waals surface area contributed by atoms with Gasteiger partial charge in [-0.25, -0.2) is 4.39 Å². The predicted molar refractivity (Wildman–Crippen MR) is 76.4 cm³/mol. The molecule has 0 unspecified atom stereocenters. The van der Waals surface area contributed by atoms with Crippen molar-refractivity contribution in [2.24, 2.45) is 7.05 Å². The smallest absolute Gasteiger partial charge is 0.399 e. The van der Waals surface area contributed by atoms with Gasteiger partial charge in [-0.3, -0.25) is 4.68 Å². The highest BCUT2D eigenvalue weighted by Crippen LogP contribution is 2.36. The van der Waals surface area contributed by atoms with Gasteiger partial charge in [-0.05, 0) is 39.8 Å². The van der Waals surface area contributed by atoms with Crippen molar-refractivity contribution in [2.45, 2.75) is 38.9 Å². The molecule has 1 aliphatic rings. The quantitative estimate of drug-likeness (QED) is 0.747. The zero-order valence-electron chi connectivity index (χ0n) is 12.4. The maximum Gasteiger partial charge on any atom is 0.497 e. The first-order valence-corrected chi connectivity index (χ1v) is 6.68. The minimum absolute atomic E-state index is 0.330. The molecule has 1 aliphatic heterocycles. The summed E-state index contributed by atoms with van der Waals surface area (Å²) < 4.78 is 27.7. The zero-order valence-corrected chi connectivity index (χ0v) is 12.4. The fourth-order valence-electron chi connectivity index (χ4n) is 2.33. The molecule has 1 aromatic carbocycles. The van der Waals surface area contributed by atoms with Crippen LogP contribution in [-0.4, -0.2) is 28.1 Å². The first kappa shape index (κ1) is 13.6. The van der Waals surface area contributed by atoms with Gasteiger partial charge >= 0.3 is 7.12 Å². The maximum atomic E-state index is 14.3. The molecule has 0 aliphatic carbocycles. The number of rotatable bonds is 1. The molecule has 6 heteroatoms. The molecule has 20 heavy (non-hydrogen) atoms. The van der Waals surface area contributed by atoms with Crippen molar-refractivity contribution in [3.05, 3.63) is 24.1 Å². The Kier molecular flexibility index (Phi) is 2.75. The molecule has 3 rings (SSSR count). The van der Waals surface area contributed by atoms with Crippen molar-refractivity contribution < 1.29 is 13.7 Å². The van der Waals surface area contributed by atoms with Crippen molar-refractivity contribution >= 4 is 23.5 Å². The molecule has 106 valence electrons. The van der Waals surface area contributed by atoms with E-state index in [0.717, 1.165) is 10.9 Å². The Morgan fingerprint density at radius 1 is 1.15 bits per heavy atom. The van der Waals surface area contributed by atoms with Crippen LogP contribution < -0.4 is 5.46 Å². The maximum absolute atomic E-state index is 14.3. The largest absolute Gasteiger partial charge is 0.497 e. The molecule has 0 spiro atoms. The Morgan fingerprint density at radius 2 is 1.75 bits per heavy atom. The SMILES string of the molecule is Cn1cc2cc(F)c(B3OC(C)(C)C(C)(C)O3)cc2n1. The fraction of sp³-hybridized carbons (Fsp3) is 0.500. The average molecular weight is 276 g/mol. The van der Waals surface area contributed by atoms with Gasteiger partial charge in [0.15, 0.2) is 0 Å². The first-order chi connectivity index (χ1) is 9.19. The second-order valence-electron chi connectivity index (χ2n) is 6.32. The van der Waals surface area contributed by atoms with Gasteiger partial charge in [0.2, 0.25) is 0 Å². The molecule has 4 nitrogen and oxygen atoms in total. The summed E-state index contributed by atoms with van der Waals surface area (Å²) in [7, 11) is 1.11. The van der Waals surface area contributed by atoms with Gasteiger partial charge < -0.3 is 9.31 Å². The third kappa shape index (κ3) is 1.94. The van der Waals surface area contributed by atoms with Crippen LogP contribution in [-0.2, 0) is 16.4 Å². The molecule has 2 aromatic rings. The Morgan fingerprint density at radius 3 is 2.35 bits per heavy atom. The van der Waals surface area contributed by atoms with E-state index in [1.807, 2.05) is 34.7 Å². The van der Waals surface area contributed by atoms with Gasteiger partial charge in [0.05, 0.1) is 16.7 Å². The number of hydrogen-bond acceptors (Lipinski definition) is 3. The number of aromatic nitrogens is 2. The van der Waals surface area contributed by atoms with Crippen LogP contribution in [0.15, 0.2) is 18.3 Å². The van der Waals surface area contributed by atoms with Crippen molar-refractivity contribution in [3.63, 3.8) is 0 Å². The van der Waals surface area contributed by atoms with E-state index in [-0.39, 0.29) is 5.82 Å². The first-order valence-electron chi connectivity index (χ1n) is 6.68. The molecule has 0 atom stereocenters. The minimum atomic E-state index is -0.702. The van der Waals surface area contributed by atoms with E-state index in [4.69, 9.17) is 9.31 Å². The fourth-order valence-corrected chi connectivity index (χ4v) is 2.33. The summed E-state index contributed by atoms with van der Waals surface area (Å²) in [5.41, 5.74) is 0.167. The van der Waals surface area contributed by atoms with Crippen LogP contribution in [0.3, 0.4) is 0 Å². The van der Waals surface area contributed by atoms with Crippen molar-refractivity contribution in [1.82, 2.24) is 9.78 Å². The predicted octanol–water partition coefficient (Wildman–Crippen LogP) is 2.01. The van der Waals surface area contributed by atoms with Gasteiger partial charge in [-0.1, -0.05) is 0 Å². The summed E-state index contributed by atoms with van der Waals surface area (Å²) in [6.45, 7) is 7.79. The highest BCUT2D eigenvalue weighted by atomic mass is 19.1. The lowest BCUT2D eigenvalue weighted by molar-refractivity contribution is 0.00578. The number of nitrogens with zero attached hydrogens (tertiary/aromatic N) is 2. The third-order valence-electron chi connectivity index (χ3n) is 4.24. The number of benzene rings is 1. The highest BCUT2D eigenvalue weighted by molar-refractivity contribution is 6.62. The van der Waals surface area contributed by atoms with E-state index in [2.05, 4.69) is 5.10 Å². The minimum Gasteiger partial charge on any atom is -0.399 e. The summed E-state index contributed by atoms with van der Waals surface area (Å²) in [5, 5.41) is 5.07. The lowest BCUT2D eigenvalue weighted by Gasteiger charge is -2.32. The van der Waals surface area contributed by atoms with Gasteiger partial charge in [-0.15, -0.1) is 0 Å².